The number of aromatic nitrogens is 3. The summed E-state index contributed by atoms with van der Waals surface area (Å²) in [6.07, 6.45) is 4.35. The first-order valence-electron chi connectivity index (χ1n) is 8.07. The molecule has 0 saturated heterocycles. The van der Waals surface area contributed by atoms with Crippen LogP contribution in [0.25, 0.3) is 0 Å². The van der Waals surface area contributed by atoms with Gasteiger partial charge in [0.25, 0.3) is 6.23 Å². The molecule has 1 N–H and O–H groups in total. The first kappa shape index (κ1) is 17.4. The molecule has 7 nitrogen and oxygen atoms in total. The Morgan fingerprint density at radius 3 is 2.44 bits per heavy atom. The quantitative estimate of drug-likeness (QED) is 0.792. The monoisotopic (exact) mass is 363 g/mol. The zero-order chi connectivity index (χ0) is 17.9. The van der Waals surface area contributed by atoms with Gasteiger partial charge in [0.05, 0.1) is 0 Å². The first-order chi connectivity index (χ1) is 12.0. The standard InChI is InChI=1S/C17H18ClN3O4/c18-12-4-6-13(7-5-12)25-15(21-11-19-10-20-21)14(22)17(16(23)24)8-2-1-3-9-17/h4-7,10-11,15H,1-3,8-9H2,(H,23,24). The van der Waals surface area contributed by atoms with Gasteiger partial charge in [-0.2, -0.15) is 5.10 Å². The SMILES string of the molecule is O=C(O)C1(C(=O)C(Oc2ccc(Cl)cc2)n2cncn2)CCCCC1. The number of carbonyl (C=O) groups is 2. The second kappa shape index (κ2) is 7.23. The maximum Gasteiger partial charge on any atom is 0.317 e. The van der Waals surface area contributed by atoms with Crippen LogP contribution in [0.4, 0.5) is 0 Å². The van der Waals surface area contributed by atoms with Crippen molar-refractivity contribution in [2.45, 2.75) is 38.3 Å². The summed E-state index contributed by atoms with van der Waals surface area (Å²) in [4.78, 5) is 29.0. The van der Waals surface area contributed by atoms with Gasteiger partial charge in [0.2, 0.25) is 5.78 Å². The molecule has 0 spiro atoms. The molecule has 1 heterocycles. The van der Waals surface area contributed by atoms with Crippen molar-refractivity contribution in [1.82, 2.24) is 14.8 Å². The van der Waals surface area contributed by atoms with Crippen LogP contribution in [0.2, 0.25) is 5.02 Å². The average Bonchev–Trinajstić information content (AvgIpc) is 3.15. The third-order valence-electron chi connectivity index (χ3n) is 4.55. The summed E-state index contributed by atoms with van der Waals surface area (Å²) in [6, 6.07) is 6.50. The van der Waals surface area contributed by atoms with Gasteiger partial charge in [-0.15, -0.1) is 0 Å². The number of rotatable bonds is 6. The Kier molecular flexibility index (Phi) is 5.03. The lowest BCUT2D eigenvalue weighted by molar-refractivity contribution is -0.162. The lowest BCUT2D eigenvalue weighted by Crippen LogP contribution is -2.46. The van der Waals surface area contributed by atoms with Crippen molar-refractivity contribution in [3.05, 3.63) is 41.9 Å². The van der Waals surface area contributed by atoms with E-state index in [0.29, 0.717) is 36.5 Å². The normalized spacial score (nSPS) is 17.6. The van der Waals surface area contributed by atoms with Crippen LogP contribution >= 0.6 is 11.6 Å². The molecule has 1 aliphatic rings. The summed E-state index contributed by atoms with van der Waals surface area (Å²) in [7, 11) is 0. The topological polar surface area (TPSA) is 94.3 Å². The van der Waals surface area contributed by atoms with Crippen LogP contribution in [-0.4, -0.2) is 31.6 Å². The molecular formula is C17H18ClN3O4. The fourth-order valence-electron chi connectivity index (χ4n) is 3.17. The molecule has 1 unspecified atom stereocenters. The molecule has 0 radical (unpaired) electrons. The largest absolute Gasteiger partial charge is 0.480 e. The lowest BCUT2D eigenvalue weighted by atomic mass is 9.70. The van der Waals surface area contributed by atoms with Crippen molar-refractivity contribution in [2.24, 2.45) is 5.41 Å². The number of hydrogen-bond donors (Lipinski definition) is 1. The van der Waals surface area contributed by atoms with E-state index in [1.165, 1.54) is 17.3 Å². The molecule has 1 saturated carbocycles. The van der Waals surface area contributed by atoms with E-state index in [4.69, 9.17) is 16.3 Å². The van der Waals surface area contributed by atoms with E-state index in [0.717, 1.165) is 6.42 Å². The van der Waals surface area contributed by atoms with E-state index < -0.39 is 23.4 Å². The molecule has 3 rings (SSSR count). The van der Waals surface area contributed by atoms with E-state index in [1.54, 1.807) is 24.3 Å². The summed E-state index contributed by atoms with van der Waals surface area (Å²) < 4.78 is 7.04. The van der Waals surface area contributed by atoms with Gasteiger partial charge in [0.1, 0.15) is 23.8 Å². The summed E-state index contributed by atoms with van der Waals surface area (Å²) in [6.45, 7) is 0. The summed E-state index contributed by atoms with van der Waals surface area (Å²) in [5.74, 6) is -1.23. The molecule has 1 fully saturated rings. The summed E-state index contributed by atoms with van der Waals surface area (Å²) in [5, 5.41) is 14.3. The molecule has 1 aliphatic carbocycles. The Balaban J connectivity index is 1.94. The molecule has 8 heteroatoms. The molecule has 1 atom stereocenters. The van der Waals surface area contributed by atoms with Crippen molar-refractivity contribution in [2.75, 3.05) is 0 Å². The zero-order valence-corrected chi connectivity index (χ0v) is 14.2. The number of halogens is 1. The average molecular weight is 364 g/mol. The van der Waals surface area contributed by atoms with Crippen LogP contribution in [0.5, 0.6) is 5.75 Å². The number of ketones is 1. The highest BCUT2D eigenvalue weighted by Crippen LogP contribution is 2.40. The van der Waals surface area contributed by atoms with Gasteiger partial charge in [-0.05, 0) is 37.1 Å². The number of benzene rings is 1. The second-order valence-electron chi connectivity index (χ2n) is 6.11. The van der Waals surface area contributed by atoms with E-state index in [9.17, 15) is 14.7 Å². The second-order valence-corrected chi connectivity index (χ2v) is 6.55. The molecular weight excluding hydrogens is 346 g/mol. The maximum absolute atomic E-state index is 13.2. The number of Topliss-reactive ketones (excluding diaryl/α,β-unsaturated/α-hetero) is 1. The van der Waals surface area contributed by atoms with Crippen molar-refractivity contribution in [3.8, 4) is 5.75 Å². The predicted octanol–water partition coefficient (Wildman–Crippen LogP) is 3.11. The smallest absolute Gasteiger partial charge is 0.317 e. The number of hydrogen-bond acceptors (Lipinski definition) is 5. The van der Waals surface area contributed by atoms with Gasteiger partial charge in [0.15, 0.2) is 0 Å². The number of nitrogens with zero attached hydrogens (tertiary/aromatic N) is 3. The fraction of sp³-hybridized carbons (Fsp3) is 0.412. The van der Waals surface area contributed by atoms with Crippen LogP contribution < -0.4 is 4.74 Å². The van der Waals surface area contributed by atoms with E-state index in [1.807, 2.05) is 0 Å². The van der Waals surface area contributed by atoms with Crippen LogP contribution in [0.1, 0.15) is 38.3 Å². The molecule has 1 aromatic heterocycles. The summed E-state index contributed by atoms with van der Waals surface area (Å²) >= 11 is 5.87. The Morgan fingerprint density at radius 1 is 1.20 bits per heavy atom. The zero-order valence-electron chi connectivity index (χ0n) is 13.5. The van der Waals surface area contributed by atoms with E-state index in [-0.39, 0.29) is 0 Å². The van der Waals surface area contributed by atoms with Crippen molar-refractivity contribution in [3.63, 3.8) is 0 Å². The number of ether oxygens (including phenoxy) is 1. The van der Waals surface area contributed by atoms with Crippen molar-refractivity contribution < 1.29 is 19.4 Å². The molecule has 2 aromatic rings. The predicted molar refractivity (Wildman–Crippen MR) is 89.3 cm³/mol. The van der Waals surface area contributed by atoms with Crippen LogP contribution in [0.15, 0.2) is 36.9 Å². The molecule has 0 bridgehead atoms. The minimum absolute atomic E-state index is 0.302. The highest BCUT2D eigenvalue weighted by atomic mass is 35.5. The molecule has 25 heavy (non-hydrogen) atoms. The third-order valence-corrected chi connectivity index (χ3v) is 4.80. The Labute approximate surface area is 149 Å². The first-order valence-corrected chi connectivity index (χ1v) is 8.45. The number of carbonyl (C=O) groups excluding carboxylic acids is 1. The van der Waals surface area contributed by atoms with E-state index in [2.05, 4.69) is 10.1 Å². The van der Waals surface area contributed by atoms with Crippen LogP contribution in [0.3, 0.4) is 0 Å². The van der Waals surface area contributed by atoms with Gasteiger partial charge in [0, 0.05) is 5.02 Å². The summed E-state index contributed by atoms with van der Waals surface area (Å²) in [5.41, 5.74) is -1.46. The number of carboxylic acid groups (broad SMARTS) is 1. The van der Waals surface area contributed by atoms with Gasteiger partial charge >= 0.3 is 5.97 Å². The molecule has 1 aromatic carbocycles. The Hall–Kier alpha value is -2.41. The third kappa shape index (κ3) is 3.51. The Morgan fingerprint density at radius 2 is 1.88 bits per heavy atom. The lowest BCUT2D eigenvalue weighted by Gasteiger charge is -2.34. The van der Waals surface area contributed by atoms with Crippen molar-refractivity contribution >= 4 is 23.4 Å². The number of carboxylic acids is 1. The minimum Gasteiger partial charge on any atom is -0.480 e. The van der Waals surface area contributed by atoms with Gasteiger partial charge in [-0.3, -0.25) is 9.59 Å². The van der Waals surface area contributed by atoms with Crippen LogP contribution in [0, 0.1) is 5.41 Å². The van der Waals surface area contributed by atoms with Gasteiger partial charge < -0.3 is 9.84 Å². The van der Waals surface area contributed by atoms with Crippen LogP contribution in [-0.2, 0) is 9.59 Å². The van der Waals surface area contributed by atoms with E-state index >= 15 is 0 Å². The highest BCUT2D eigenvalue weighted by molar-refractivity contribution is 6.30. The number of aliphatic carboxylic acids is 1. The minimum atomic E-state index is -1.46. The molecule has 0 amide bonds. The fourth-order valence-corrected chi connectivity index (χ4v) is 3.29. The maximum atomic E-state index is 13.2. The van der Waals surface area contributed by atoms with Crippen molar-refractivity contribution in [1.29, 1.82) is 0 Å². The van der Waals surface area contributed by atoms with Gasteiger partial charge in [-0.1, -0.05) is 30.9 Å². The molecule has 0 aliphatic heterocycles. The molecule has 132 valence electrons. The Bertz CT molecular complexity index is 740. The highest BCUT2D eigenvalue weighted by Gasteiger charge is 2.50. The van der Waals surface area contributed by atoms with Gasteiger partial charge in [-0.25, -0.2) is 9.67 Å².